The van der Waals surface area contributed by atoms with Gasteiger partial charge in [-0.05, 0) is 43.6 Å². The highest BCUT2D eigenvalue weighted by Crippen LogP contribution is 2.19. The van der Waals surface area contributed by atoms with Crippen molar-refractivity contribution in [3.8, 4) is 5.75 Å². The van der Waals surface area contributed by atoms with Gasteiger partial charge in [0.1, 0.15) is 24.4 Å². The molecule has 0 bridgehead atoms. The minimum atomic E-state index is -1.13. The smallest absolute Gasteiger partial charge is 0.255 e. The van der Waals surface area contributed by atoms with Crippen LogP contribution in [0.25, 0.3) is 0 Å². The quantitative estimate of drug-likeness (QED) is 0.501. The zero-order valence-electron chi connectivity index (χ0n) is 23.1. The van der Waals surface area contributed by atoms with E-state index >= 15 is 0 Å². The molecule has 10 heteroatoms. The number of benzene rings is 2. The minimum Gasteiger partial charge on any atom is -0.491 e. The number of carbonyl (C=O) groups excluding carboxylic acids is 4. The molecule has 10 nitrogen and oxygen atoms in total. The Hall–Kier alpha value is -3.92. The Morgan fingerprint density at radius 1 is 0.950 bits per heavy atom. The topological polar surface area (TPSA) is 120 Å². The molecule has 0 aromatic heterocycles. The van der Waals surface area contributed by atoms with Crippen molar-refractivity contribution in [2.24, 2.45) is 0 Å². The highest BCUT2D eigenvalue weighted by Gasteiger charge is 2.30. The monoisotopic (exact) mass is 549 g/mol. The van der Waals surface area contributed by atoms with Gasteiger partial charge in [0, 0.05) is 26.6 Å². The average molecular weight is 550 g/mol. The summed E-state index contributed by atoms with van der Waals surface area (Å²) in [6.07, 6.45) is 3.49. The number of likely N-dealkylation sites (N-methyl/N-ethyl adjacent to an activating group) is 1. The molecule has 40 heavy (non-hydrogen) atoms. The first kappa shape index (κ1) is 29.1. The number of rotatable bonds is 6. The maximum atomic E-state index is 13.4. The Bertz CT molecular complexity index is 1170. The van der Waals surface area contributed by atoms with Gasteiger partial charge >= 0.3 is 0 Å². The van der Waals surface area contributed by atoms with E-state index in [-0.39, 0.29) is 31.0 Å². The Morgan fingerprint density at radius 3 is 2.45 bits per heavy atom. The molecule has 1 saturated heterocycles. The molecule has 4 amide bonds. The molecule has 2 aromatic carbocycles. The van der Waals surface area contributed by atoms with Crippen LogP contribution in [0.4, 0.5) is 0 Å². The number of carbonyl (C=O) groups is 4. The molecule has 0 radical (unpaired) electrons. The van der Waals surface area contributed by atoms with Gasteiger partial charge < -0.3 is 30.5 Å². The van der Waals surface area contributed by atoms with Crippen molar-refractivity contribution in [2.75, 3.05) is 46.4 Å². The van der Waals surface area contributed by atoms with Crippen LogP contribution >= 0.6 is 0 Å². The van der Waals surface area contributed by atoms with Gasteiger partial charge in [-0.25, -0.2) is 0 Å². The Kier molecular flexibility index (Phi) is 10.5. The summed E-state index contributed by atoms with van der Waals surface area (Å²) in [5, 5.41) is 8.43. The number of para-hydroxylation sites is 1. The predicted octanol–water partition coefficient (Wildman–Crippen LogP) is 1.36. The van der Waals surface area contributed by atoms with Crippen molar-refractivity contribution in [2.45, 2.75) is 44.2 Å². The summed E-state index contributed by atoms with van der Waals surface area (Å²) in [6, 6.07) is 14.2. The molecular weight excluding hydrogens is 510 g/mol. The minimum absolute atomic E-state index is 0.152. The number of piperidine rings is 1. The molecule has 2 aliphatic heterocycles. The molecule has 0 saturated carbocycles. The van der Waals surface area contributed by atoms with E-state index in [1.54, 1.807) is 31.3 Å². The van der Waals surface area contributed by atoms with Crippen molar-refractivity contribution >= 4 is 23.6 Å². The fourth-order valence-corrected chi connectivity index (χ4v) is 5.03. The van der Waals surface area contributed by atoms with Gasteiger partial charge in [-0.3, -0.25) is 19.2 Å². The van der Waals surface area contributed by atoms with E-state index in [1.165, 1.54) is 11.3 Å². The number of nitrogens with zero attached hydrogens (tertiary/aromatic N) is 2. The maximum Gasteiger partial charge on any atom is 0.255 e. The fraction of sp³-hybridized carbons (Fsp3) is 0.467. The molecule has 3 N–H and O–H groups in total. The van der Waals surface area contributed by atoms with E-state index in [2.05, 4.69) is 20.9 Å². The molecular formula is C30H39N5O5. The molecule has 0 spiro atoms. The van der Waals surface area contributed by atoms with E-state index in [9.17, 15) is 19.2 Å². The second-order valence-electron chi connectivity index (χ2n) is 10.3. The second kappa shape index (κ2) is 14.5. The lowest BCUT2D eigenvalue weighted by atomic mass is 10.0. The van der Waals surface area contributed by atoms with Crippen molar-refractivity contribution in [1.82, 2.24) is 25.8 Å². The highest BCUT2D eigenvalue weighted by atomic mass is 16.5. The SMILES string of the molecule is CN1CCOc2ccccc2C(=O)N[C@H](C(=O)NCCN2CCCCC2)CC(=O)N[C@@H](Cc2ccccc2)C1=O. The molecule has 2 aromatic rings. The fourth-order valence-electron chi connectivity index (χ4n) is 5.03. The lowest BCUT2D eigenvalue weighted by Gasteiger charge is -2.27. The Labute approximate surface area is 235 Å². The first-order valence-electron chi connectivity index (χ1n) is 14.0. The first-order valence-corrected chi connectivity index (χ1v) is 14.0. The van der Waals surface area contributed by atoms with Crippen LogP contribution in [0.3, 0.4) is 0 Å². The van der Waals surface area contributed by atoms with Crippen molar-refractivity contribution in [1.29, 1.82) is 0 Å². The van der Waals surface area contributed by atoms with E-state index in [4.69, 9.17) is 4.74 Å². The van der Waals surface area contributed by atoms with Gasteiger partial charge in [-0.15, -0.1) is 0 Å². The number of nitrogens with one attached hydrogen (secondary N) is 3. The Balaban J connectivity index is 1.53. The zero-order valence-corrected chi connectivity index (χ0v) is 23.1. The van der Waals surface area contributed by atoms with Crippen LogP contribution in [0.2, 0.25) is 0 Å². The molecule has 214 valence electrons. The number of ether oxygens (including phenoxy) is 1. The molecule has 4 rings (SSSR count). The summed E-state index contributed by atoms with van der Waals surface area (Å²) in [5.74, 6) is -1.39. The predicted molar refractivity (Wildman–Crippen MR) is 151 cm³/mol. The first-order chi connectivity index (χ1) is 19.4. The summed E-state index contributed by atoms with van der Waals surface area (Å²) in [5.41, 5.74) is 1.14. The van der Waals surface area contributed by atoms with Gasteiger partial charge in [0.15, 0.2) is 0 Å². The largest absolute Gasteiger partial charge is 0.491 e. The third-order valence-corrected chi connectivity index (χ3v) is 7.30. The highest BCUT2D eigenvalue weighted by molar-refractivity contribution is 6.01. The molecule has 0 aliphatic carbocycles. The van der Waals surface area contributed by atoms with Crippen molar-refractivity contribution < 1.29 is 23.9 Å². The third kappa shape index (κ3) is 8.29. The van der Waals surface area contributed by atoms with Crippen LogP contribution in [-0.2, 0) is 20.8 Å². The molecule has 1 fully saturated rings. The molecule has 2 atom stereocenters. The van der Waals surface area contributed by atoms with E-state index in [0.29, 0.717) is 25.3 Å². The lowest BCUT2D eigenvalue weighted by Crippen LogP contribution is -2.53. The third-order valence-electron chi connectivity index (χ3n) is 7.30. The number of hydrogen-bond acceptors (Lipinski definition) is 6. The van der Waals surface area contributed by atoms with Crippen LogP contribution in [0.1, 0.15) is 41.6 Å². The van der Waals surface area contributed by atoms with E-state index < -0.39 is 29.8 Å². The molecule has 2 heterocycles. The summed E-state index contributed by atoms with van der Waals surface area (Å²) in [6.45, 7) is 3.53. The van der Waals surface area contributed by atoms with Gasteiger partial charge in [0.2, 0.25) is 17.7 Å². The number of amides is 4. The summed E-state index contributed by atoms with van der Waals surface area (Å²) in [4.78, 5) is 56.9. The number of fused-ring (bicyclic) bond motifs is 1. The van der Waals surface area contributed by atoms with Gasteiger partial charge in [0.05, 0.1) is 18.5 Å². The lowest BCUT2D eigenvalue weighted by molar-refractivity contribution is -0.136. The normalized spacial score (nSPS) is 21.3. The van der Waals surface area contributed by atoms with Crippen LogP contribution in [0, 0.1) is 0 Å². The van der Waals surface area contributed by atoms with Crippen molar-refractivity contribution in [3.63, 3.8) is 0 Å². The van der Waals surface area contributed by atoms with Crippen LogP contribution < -0.4 is 20.7 Å². The van der Waals surface area contributed by atoms with E-state index in [0.717, 1.165) is 31.5 Å². The van der Waals surface area contributed by atoms with Gasteiger partial charge in [-0.1, -0.05) is 48.9 Å². The zero-order chi connectivity index (χ0) is 28.3. The summed E-state index contributed by atoms with van der Waals surface area (Å²) < 4.78 is 5.88. The Morgan fingerprint density at radius 2 is 1.68 bits per heavy atom. The van der Waals surface area contributed by atoms with Crippen molar-refractivity contribution in [3.05, 3.63) is 65.7 Å². The van der Waals surface area contributed by atoms with Gasteiger partial charge in [0.25, 0.3) is 5.91 Å². The molecule has 0 unspecified atom stereocenters. The van der Waals surface area contributed by atoms with Crippen LogP contribution in [0.15, 0.2) is 54.6 Å². The average Bonchev–Trinajstić information content (AvgIpc) is 2.97. The van der Waals surface area contributed by atoms with Crippen LogP contribution in [0.5, 0.6) is 5.75 Å². The van der Waals surface area contributed by atoms with E-state index in [1.807, 2.05) is 30.3 Å². The maximum absolute atomic E-state index is 13.4. The molecule has 2 aliphatic rings. The number of likely N-dealkylation sites (tertiary alicyclic amines) is 1. The summed E-state index contributed by atoms with van der Waals surface area (Å²) in [7, 11) is 1.65. The summed E-state index contributed by atoms with van der Waals surface area (Å²) >= 11 is 0. The second-order valence-corrected chi connectivity index (χ2v) is 10.3. The van der Waals surface area contributed by atoms with Crippen LogP contribution in [-0.4, -0.2) is 91.9 Å². The standard InChI is InChI=1S/C30H39N5O5/c1-34-18-19-40-26-13-7-6-12-23(26)28(37)33-24(29(38)31-14-17-35-15-8-3-9-16-35)21-27(36)32-25(30(34)39)20-22-10-4-2-5-11-22/h2,4-7,10-13,24-25H,3,8-9,14-21H2,1H3,(H,31,38)(H,32,36)(H,33,37)/t24-,25-/m0/s1. The number of hydrogen-bond donors (Lipinski definition) is 3. The van der Waals surface area contributed by atoms with Gasteiger partial charge in [-0.2, -0.15) is 0 Å².